The van der Waals surface area contributed by atoms with Gasteiger partial charge in [-0.25, -0.2) is 0 Å². The Hall–Kier alpha value is -0.650. The van der Waals surface area contributed by atoms with Crippen LogP contribution < -0.4 is 5.32 Å². The van der Waals surface area contributed by atoms with Gasteiger partial charge in [-0.2, -0.15) is 0 Å². The molecule has 17 heavy (non-hydrogen) atoms. The lowest BCUT2D eigenvalue weighted by Gasteiger charge is -2.22. The standard InChI is InChI=1S/C12H23NO4/c1-10(2)8-16-5-6-17-12(14)7-11-9-15-4-3-13-11/h10-11,13H,3-9H2,1-2H3. The van der Waals surface area contributed by atoms with E-state index in [9.17, 15) is 4.79 Å². The van der Waals surface area contributed by atoms with E-state index < -0.39 is 0 Å². The molecule has 0 aliphatic carbocycles. The van der Waals surface area contributed by atoms with Gasteiger partial charge in [-0.05, 0) is 5.92 Å². The minimum atomic E-state index is -0.193. The first kappa shape index (κ1) is 14.4. The van der Waals surface area contributed by atoms with Gasteiger partial charge in [0.15, 0.2) is 0 Å². The molecule has 0 aromatic carbocycles. The van der Waals surface area contributed by atoms with Crippen LogP contribution in [-0.2, 0) is 19.0 Å². The van der Waals surface area contributed by atoms with Gasteiger partial charge in [-0.1, -0.05) is 13.8 Å². The number of hydrogen-bond acceptors (Lipinski definition) is 5. The third kappa shape index (κ3) is 7.31. The molecular formula is C12H23NO4. The molecule has 0 aromatic rings. The topological polar surface area (TPSA) is 56.8 Å². The summed E-state index contributed by atoms with van der Waals surface area (Å²) in [4.78, 5) is 11.4. The lowest BCUT2D eigenvalue weighted by atomic mass is 10.2. The van der Waals surface area contributed by atoms with E-state index >= 15 is 0 Å². The molecule has 100 valence electrons. The van der Waals surface area contributed by atoms with Crippen LogP contribution in [0.5, 0.6) is 0 Å². The average Bonchev–Trinajstić information content (AvgIpc) is 2.29. The average molecular weight is 245 g/mol. The summed E-state index contributed by atoms with van der Waals surface area (Å²) >= 11 is 0. The van der Waals surface area contributed by atoms with Crippen LogP contribution in [0.15, 0.2) is 0 Å². The van der Waals surface area contributed by atoms with Crippen molar-refractivity contribution in [2.75, 3.05) is 39.6 Å². The number of rotatable bonds is 7. The molecule has 0 spiro atoms. The smallest absolute Gasteiger partial charge is 0.307 e. The van der Waals surface area contributed by atoms with Gasteiger partial charge >= 0.3 is 5.97 Å². The molecule has 0 saturated carbocycles. The number of carbonyl (C=O) groups excluding carboxylic acids is 1. The van der Waals surface area contributed by atoms with E-state index in [2.05, 4.69) is 19.2 Å². The van der Waals surface area contributed by atoms with Crippen LogP contribution in [-0.4, -0.2) is 51.6 Å². The van der Waals surface area contributed by atoms with E-state index in [0.29, 0.717) is 45.4 Å². The van der Waals surface area contributed by atoms with Crippen LogP contribution in [0.3, 0.4) is 0 Å². The largest absolute Gasteiger partial charge is 0.463 e. The van der Waals surface area contributed by atoms with Crippen molar-refractivity contribution >= 4 is 5.97 Å². The quantitative estimate of drug-likeness (QED) is 0.525. The van der Waals surface area contributed by atoms with Gasteiger partial charge in [0.25, 0.3) is 0 Å². The fraction of sp³-hybridized carbons (Fsp3) is 0.917. The second-order valence-corrected chi connectivity index (χ2v) is 4.62. The zero-order valence-corrected chi connectivity index (χ0v) is 10.7. The molecule has 0 aromatic heterocycles. The monoisotopic (exact) mass is 245 g/mol. The normalized spacial score (nSPS) is 20.5. The van der Waals surface area contributed by atoms with Crippen LogP contribution in [0, 0.1) is 5.92 Å². The van der Waals surface area contributed by atoms with Crippen molar-refractivity contribution in [2.24, 2.45) is 5.92 Å². The van der Waals surface area contributed by atoms with Crippen LogP contribution in [0.1, 0.15) is 20.3 Å². The molecule has 1 aliphatic heterocycles. The number of esters is 1. The Morgan fingerprint density at radius 1 is 1.47 bits per heavy atom. The number of hydrogen-bond donors (Lipinski definition) is 1. The van der Waals surface area contributed by atoms with E-state index in [1.165, 1.54) is 0 Å². The lowest BCUT2D eigenvalue weighted by Crippen LogP contribution is -2.42. The molecular weight excluding hydrogens is 222 g/mol. The molecule has 0 radical (unpaired) electrons. The summed E-state index contributed by atoms with van der Waals surface area (Å²) < 4.78 is 15.6. The third-order valence-electron chi connectivity index (χ3n) is 2.35. The first-order valence-corrected chi connectivity index (χ1v) is 6.23. The van der Waals surface area contributed by atoms with E-state index in [1.807, 2.05) is 0 Å². The van der Waals surface area contributed by atoms with Crippen molar-refractivity contribution < 1.29 is 19.0 Å². The Kier molecular flexibility index (Phi) is 7.16. The van der Waals surface area contributed by atoms with Crippen molar-refractivity contribution in [2.45, 2.75) is 26.3 Å². The minimum Gasteiger partial charge on any atom is -0.463 e. The van der Waals surface area contributed by atoms with E-state index in [4.69, 9.17) is 14.2 Å². The second-order valence-electron chi connectivity index (χ2n) is 4.62. The molecule has 1 unspecified atom stereocenters. The molecule has 5 heteroatoms. The van der Waals surface area contributed by atoms with Crippen LogP contribution in [0.4, 0.5) is 0 Å². The Labute approximate surface area is 103 Å². The Morgan fingerprint density at radius 2 is 2.29 bits per heavy atom. The van der Waals surface area contributed by atoms with Crippen LogP contribution >= 0.6 is 0 Å². The summed E-state index contributed by atoms with van der Waals surface area (Å²) in [6.45, 7) is 7.78. The summed E-state index contributed by atoms with van der Waals surface area (Å²) in [5.74, 6) is 0.315. The molecule has 1 aliphatic rings. The number of carbonyl (C=O) groups is 1. The maximum Gasteiger partial charge on any atom is 0.307 e. The summed E-state index contributed by atoms with van der Waals surface area (Å²) in [6.07, 6.45) is 0.365. The fourth-order valence-corrected chi connectivity index (χ4v) is 1.54. The molecule has 1 heterocycles. The lowest BCUT2D eigenvalue weighted by molar-refractivity contribution is -0.146. The molecule has 1 N–H and O–H groups in total. The van der Waals surface area contributed by atoms with Crippen LogP contribution in [0.2, 0.25) is 0 Å². The molecule has 1 atom stereocenters. The number of ether oxygens (including phenoxy) is 3. The van der Waals surface area contributed by atoms with Crippen molar-refractivity contribution in [1.29, 1.82) is 0 Å². The van der Waals surface area contributed by atoms with E-state index in [-0.39, 0.29) is 12.0 Å². The van der Waals surface area contributed by atoms with Crippen molar-refractivity contribution in [1.82, 2.24) is 5.32 Å². The van der Waals surface area contributed by atoms with Gasteiger partial charge in [0.05, 0.1) is 26.2 Å². The minimum absolute atomic E-state index is 0.0906. The van der Waals surface area contributed by atoms with Crippen molar-refractivity contribution in [3.8, 4) is 0 Å². The second kappa shape index (κ2) is 8.44. The first-order chi connectivity index (χ1) is 8.18. The first-order valence-electron chi connectivity index (χ1n) is 6.23. The predicted molar refractivity (Wildman–Crippen MR) is 63.8 cm³/mol. The highest BCUT2D eigenvalue weighted by molar-refractivity contribution is 5.70. The Bertz CT molecular complexity index is 215. The zero-order valence-electron chi connectivity index (χ0n) is 10.7. The summed E-state index contributed by atoms with van der Waals surface area (Å²) in [5, 5.41) is 3.21. The zero-order chi connectivity index (χ0) is 12.5. The molecule has 0 bridgehead atoms. The van der Waals surface area contributed by atoms with Crippen LogP contribution in [0.25, 0.3) is 0 Å². The molecule has 5 nitrogen and oxygen atoms in total. The highest BCUT2D eigenvalue weighted by Crippen LogP contribution is 2.00. The highest BCUT2D eigenvalue weighted by Gasteiger charge is 2.17. The highest BCUT2D eigenvalue weighted by atomic mass is 16.6. The van der Waals surface area contributed by atoms with Crippen molar-refractivity contribution in [3.05, 3.63) is 0 Å². The van der Waals surface area contributed by atoms with Gasteiger partial charge in [0, 0.05) is 19.2 Å². The Morgan fingerprint density at radius 3 is 2.94 bits per heavy atom. The van der Waals surface area contributed by atoms with Gasteiger partial charge in [-0.3, -0.25) is 4.79 Å². The summed E-state index contributed by atoms with van der Waals surface area (Å²) in [6, 6.07) is 0.0906. The van der Waals surface area contributed by atoms with E-state index in [1.54, 1.807) is 0 Å². The molecule has 1 fully saturated rings. The number of nitrogens with one attached hydrogen (secondary N) is 1. The fourth-order valence-electron chi connectivity index (χ4n) is 1.54. The molecule has 1 saturated heterocycles. The summed E-state index contributed by atoms with van der Waals surface area (Å²) in [5.41, 5.74) is 0. The van der Waals surface area contributed by atoms with Gasteiger partial charge in [0.1, 0.15) is 6.61 Å². The summed E-state index contributed by atoms with van der Waals surface area (Å²) in [7, 11) is 0. The molecule has 0 amide bonds. The Balaban J connectivity index is 1.97. The SMILES string of the molecule is CC(C)COCCOC(=O)CC1COCCN1. The maximum atomic E-state index is 11.4. The van der Waals surface area contributed by atoms with Gasteiger partial charge in [-0.15, -0.1) is 0 Å². The van der Waals surface area contributed by atoms with Crippen molar-refractivity contribution in [3.63, 3.8) is 0 Å². The number of morpholine rings is 1. The van der Waals surface area contributed by atoms with Gasteiger partial charge < -0.3 is 19.5 Å². The van der Waals surface area contributed by atoms with E-state index in [0.717, 1.165) is 6.54 Å². The predicted octanol–water partition coefficient (Wildman–Crippen LogP) is 0.581. The van der Waals surface area contributed by atoms with Gasteiger partial charge in [0.2, 0.25) is 0 Å². The maximum absolute atomic E-state index is 11.4. The molecule has 1 rings (SSSR count). The third-order valence-corrected chi connectivity index (χ3v) is 2.35.